The minimum atomic E-state index is -0.809. The first kappa shape index (κ1) is 21.1. The third-order valence-corrected chi connectivity index (χ3v) is 3.91. The summed E-state index contributed by atoms with van der Waals surface area (Å²) >= 11 is 6.15. The quantitative estimate of drug-likeness (QED) is 0.664. The molecule has 0 fully saturated rings. The molecular formula is C20H19ClN2O5. The number of nitrogens with zero attached hydrogens (tertiary/aromatic N) is 1. The second kappa shape index (κ2) is 10.2. The van der Waals surface area contributed by atoms with Gasteiger partial charge in [-0.1, -0.05) is 17.7 Å². The zero-order valence-electron chi connectivity index (χ0n) is 15.4. The van der Waals surface area contributed by atoms with Gasteiger partial charge in [-0.15, -0.1) is 0 Å². The van der Waals surface area contributed by atoms with E-state index in [2.05, 4.69) is 0 Å². The summed E-state index contributed by atoms with van der Waals surface area (Å²) in [4.78, 5) is 21.6. The van der Waals surface area contributed by atoms with Crippen LogP contribution in [-0.4, -0.2) is 25.2 Å². The van der Waals surface area contributed by atoms with Crippen molar-refractivity contribution < 1.29 is 23.8 Å². The molecule has 0 saturated heterocycles. The van der Waals surface area contributed by atoms with Gasteiger partial charge < -0.3 is 14.2 Å². The molecule has 0 heterocycles. The topological polar surface area (TPSA) is 97.7 Å². The van der Waals surface area contributed by atoms with E-state index in [-0.39, 0.29) is 6.41 Å². The first-order valence-electron chi connectivity index (χ1n) is 8.50. The maximum Gasteiger partial charge on any atom is 0.413 e. The van der Waals surface area contributed by atoms with Crippen molar-refractivity contribution in [3.63, 3.8) is 0 Å². The summed E-state index contributed by atoms with van der Waals surface area (Å²) in [5.74, 6) is 1.50. The third-order valence-electron chi connectivity index (χ3n) is 3.62. The van der Waals surface area contributed by atoms with E-state index >= 15 is 0 Å². The number of benzene rings is 2. The minimum Gasteiger partial charge on any atom is -0.493 e. The lowest BCUT2D eigenvalue weighted by molar-refractivity contribution is -0.109. The van der Waals surface area contributed by atoms with Crippen molar-refractivity contribution in [2.75, 3.05) is 6.61 Å². The van der Waals surface area contributed by atoms with Gasteiger partial charge in [0, 0.05) is 12.5 Å². The van der Waals surface area contributed by atoms with Gasteiger partial charge in [0.15, 0.2) is 0 Å². The van der Waals surface area contributed by atoms with Gasteiger partial charge in [-0.3, -0.25) is 10.1 Å². The molecule has 1 N–H and O–H groups in total. The van der Waals surface area contributed by atoms with Crippen molar-refractivity contribution >= 4 is 24.1 Å². The third kappa shape index (κ3) is 5.89. The van der Waals surface area contributed by atoms with E-state index in [4.69, 9.17) is 31.1 Å². The van der Waals surface area contributed by atoms with Crippen LogP contribution in [0.4, 0.5) is 4.79 Å². The SMILES string of the molecule is CCOc1cc(Oc2ccc(C#N)cc2Cl)ccc1CC(C)OC(=O)NC=O. The maximum absolute atomic E-state index is 11.3. The van der Waals surface area contributed by atoms with Gasteiger partial charge in [0.25, 0.3) is 0 Å². The van der Waals surface area contributed by atoms with Crippen molar-refractivity contribution in [1.82, 2.24) is 5.32 Å². The number of nitriles is 1. The predicted octanol–water partition coefficient (Wildman–Crippen LogP) is 4.22. The molecule has 0 aliphatic rings. The van der Waals surface area contributed by atoms with Crippen LogP contribution in [0.25, 0.3) is 0 Å². The highest BCUT2D eigenvalue weighted by molar-refractivity contribution is 6.32. The Morgan fingerprint density at radius 1 is 1.29 bits per heavy atom. The molecule has 146 valence electrons. The Morgan fingerprint density at radius 3 is 2.71 bits per heavy atom. The Bertz CT molecular complexity index is 895. The lowest BCUT2D eigenvalue weighted by atomic mass is 10.1. The number of amides is 2. The molecule has 2 rings (SSSR count). The van der Waals surface area contributed by atoms with Crippen molar-refractivity contribution in [3.05, 3.63) is 52.5 Å². The molecule has 1 atom stereocenters. The number of imide groups is 1. The zero-order chi connectivity index (χ0) is 20.5. The summed E-state index contributed by atoms with van der Waals surface area (Å²) in [6, 6.07) is 12.0. The van der Waals surface area contributed by atoms with Crippen LogP contribution < -0.4 is 14.8 Å². The second-order valence-electron chi connectivity index (χ2n) is 5.74. The van der Waals surface area contributed by atoms with E-state index in [1.165, 1.54) is 6.07 Å². The van der Waals surface area contributed by atoms with E-state index < -0.39 is 12.2 Å². The molecule has 0 spiro atoms. The monoisotopic (exact) mass is 402 g/mol. The van der Waals surface area contributed by atoms with Crippen LogP contribution in [0.1, 0.15) is 25.0 Å². The molecule has 7 nitrogen and oxygen atoms in total. The number of alkyl carbamates (subject to hydrolysis) is 1. The minimum absolute atomic E-state index is 0.265. The Hall–Kier alpha value is -3.24. The summed E-state index contributed by atoms with van der Waals surface area (Å²) in [5, 5.41) is 11.2. The Balaban J connectivity index is 2.16. The smallest absolute Gasteiger partial charge is 0.413 e. The van der Waals surface area contributed by atoms with E-state index in [0.717, 1.165) is 5.56 Å². The molecule has 8 heteroatoms. The molecule has 1 unspecified atom stereocenters. The lowest BCUT2D eigenvalue weighted by Gasteiger charge is -2.17. The number of rotatable bonds is 8. The Kier molecular flexibility index (Phi) is 7.66. The highest BCUT2D eigenvalue weighted by Crippen LogP contribution is 2.33. The van der Waals surface area contributed by atoms with Crippen molar-refractivity contribution in [2.45, 2.75) is 26.4 Å². The standard InChI is InChI=1S/C20H19ClN2O5/c1-3-26-19-10-16(28-18-7-4-14(11-22)9-17(18)21)6-5-15(19)8-13(2)27-20(25)23-12-24/h4-7,9-10,12-13H,3,8H2,1-2H3,(H,23,24,25). The van der Waals surface area contributed by atoms with Gasteiger partial charge in [0.2, 0.25) is 6.41 Å². The normalized spacial score (nSPS) is 11.1. The summed E-state index contributed by atoms with van der Waals surface area (Å²) in [6.07, 6.45) is -0.629. The van der Waals surface area contributed by atoms with E-state index in [0.29, 0.717) is 40.9 Å². The number of hydrogen-bond donors (Lipinski definition) is 1. The average Bonchev–Trinajstić information content (AvgIpc) is 2.65. The number of ether oxygens (including phenoxy) is 3. The molecule has 2 aromatic rings. The Labute approximate surface area is 167 Å². The highest BCUT2D eigenvalue weighted by atomic mass is 35.5. The number of carbonyl (C=O) groups is 2. The zero-order valence-corrected chi connectivity index (χ0v) is 16.2. The number of nitrogens with one attached hydrogen (secondary N) is 1. The fraction of sp³-hybridized carbons (Fsp3) is 0.250. The van der Waals surface area contributed by atoms with E-state index in [1.807, 2.05) is 18.3 Å². The summed E-state index contributed by atoms with van der Waals surface area (Å²) in [7, 11) is 0. The number of halogens is 1. The van der Waals surface area contributed by atoms with Gasteiger partial charge in [0.1, 0.15) is 23.4 Å². The van der Waals surface area contributed by atoms with Gasteiger partial charge in [-0.25, -0.2) is 4.79 Å². The average molecular weight is 403 g/mol. The second-order valence-corrected chi connectivity index (χ2v) is 6.15. The molecular weight excluding hydrogens is 384 g/mol. The van der Waals surface area contributed by atoms with Crippen molar-refractivity contribution in [2.24, 2.45) is 0 Å². The van der Waals surface area contributed by atoms with Crippen LogP contribution in [-0.2, 0) is 16.0 Å². The molecule has 0 bridgehead atoms. The summed E-state index contributed by atoms with van der Waals surface area (Å²) in [5.41, 5.74) is 1.25. The van der Waals surface area contributed by atoms with Crippen molar-refractivity contribution in [3.8, 4) is 23.3 Å². The predicted molar refractivity (Wildman–Crippen MR) is 103 cm³/mol. The molecule has 0 saturated carbocycles. The summed E-state index contributed by atoms with van der Waals surface area (Å²) < 4.78 is 16.5. The molecule has 0 radical (unpaired) electrons. The van der Waals surface area contributed by atoms with Gasteiger partial charge in [0.05, 0.1) is 23.3 Å². The number of hydrogen-bond acceptors (Lipinski definition) is 6. The first-order valence-corrected chi connectivity index (χ1v) is 8.88. The summed E-state index contributed by atoms with van der Waals surface area (Å²) in [6.45, 7) is 4.00. The fourth-order valence-corrected chi connectivity index (χ4v) is 2.67. The molecule has 28 heavy (non-hydrogen) atoms. The molecule has 0 aromatic heterocycles. The molecule has 0 aliphatic carbocycles. The number of carbonyl (C=O) groups excluding carboxylic acids is 2. The molecule has 2 amide bonds. The van der Waals surface area contributed by atoms with Crippen LogP contribution in [0.5, 0.6) is 17.2 Å². The first-order chi connectivity index (χ1) is 13.5. The van der Waals surface area contributed by atoms with Crippen LogP contribution in [0.2, 0.25) is 5.02 Å². The van der Waals surface area contributed by atoms with Gasteiger partial charge in [-0.2, -0.15) is 5.26 Å². The van der Waals surface area contributed by atoms with Crippen molar-refractivity contribution in [1.29, 1.82) is 5.26 Å². The Morgan fingerprint density at radius 2 is 2.07 bits per heavy atom. The van der Waals surface area contributed by atoms with Crippen LogP contribution in [0.15, 0.2) is 36.4 Å². The van der Waals surface area contributed by atoms with E-state index in [1.54, 1.807) is 37.3 Å². The fourth-order valence-electron chi connectivity index (χ4n) is 2.45. The molecule has 2 aromatic carbocycles. The van der Waals surface area contributed by atoms with Crippen LogP contribution in [0, 0.1) is 11.3 Å². The highest BCUT2D eigenvalue weighted by Gasteiger charge is 2.14. The van der Waals surface area contributed by atoms with Gasteiger partial charge >= 0.3 is 6.09 Å². The van der Waals surface area contributed by atoms with Gasteiger partial charge in [-0.05, 0) is 43.7 Å². The van der Waals surface area contributed by atoms with Crippen LogP contribution >= 0.6 is 11.6 Å². The molecule has 0 aliphatic heterocycles. The largest absolute Gasteiger partial charge is 0.493 e. The lowest BCUT2D eigenvalue weighted by Crippen LogP contribution is -2.27. The van der Waals surface area contributed by atoms with Crippen LogP contribution in [0.3, 0.4) is 0 Å². The maximum atomic E-state index is 11.3. The van der Waals surface area contributed by atoms with E-state index in [9.17, 15) is 9.59 Å².